The van der Waals surface area contributed by atoms with Gasteiger partial charge in [-0.1, -0.05) is 13.0 Å². The molecule has 0 amide bonds. The summed E-state index contributed by atoms with van der Waals surface area (Å²) < 4.78 is 10.7. The van der Waals surface area contributed by atoms with Crippen LogP contribution in [0.4, 0.5) is 5.69 Å². The fraction of sp³-hybridized carbons (Fsp3) is 0.273. The van der Waals surface area contributed by atoms with E-state index in [0.717, 1.165) is 5.56 Å². The third kappa shape index (κ3) is 1.71. The van der Waals surface area contributed by atoms with E-state index in [-0.39, 0.29) is 0 Å². The summed E-state index contributed by atoms with van der Waals surface area (Å²) in [5.74, 6) is 1.59. The highest BCUT2D eigenvalue weighted by molar-refractivity contribution is 5.72. The molecule has 1 aromatic carbocycles. The van der Waals surface area contributed by atoms with Crippen LogP contribution in [0, 0.1) is 0 Å². The molecular formula is C11H13N3O2. The predicted octanol–water partition coefficient (Wildman–Crippen LogP) is 1.89. The zero-order chi connectivity index (χ0) is 11.5. The smallest absolute Gasteiger partial charge is 0.251 e. The molecule has 0 saturated heterocycles. The van der Waals surface area contributed by atoms with Crippen LogP contribution >= 0.6 is 0 Å². The van der Waals surface area contributed by atoms with E-state index in [0.29, 0.717) is 29.6 Å². The zero-order valence-corrected chi connectivity index (χ0v) is 9.23. The number of nitrogens with zero attached hydrogens (tertiary/aromatic N) is 2. The van der Waals surface area contributed by atoms with Gasteiger partial charge < -0.3 is 14.9 Å². The van der Waals surface area contributed by atoms with Gasteiger partial charge in [-0.2, -0.15) is 0 Å². The van der Waals surface area contributed by atoms with Crippen LogP contribution in [0.15, 0.2) is 22.6 Å². The van der Waals surface area contributed by atoms with Gasteiger partial charge in [0.25, 0.3) is 5.89 Å². The standard InChI is InChI=1S/C11H13N3O2/c1-3-9-13-14-11(16-9)7-5-4-6-8(12)10(7)15-2/h4-6H,3,12H2,1-2H3. The maximum absolute atomic E-state index is 5.79. The molecule has 0 radical (unpaired) electrons. The van der Waals surface area contributed by atoms with Crippen LogP contribution in [0.5, 0.6) is 5.75 Å². The highest BCUT2D eigenvalue weighted by atomic mass is 16.5. The summed E-state index contributed by atoms with van der Waals surface area (Å²) >= 11 is 0. The first kappa shape index (κ1) is 10.5. The quantitative estimate of drug-likeness (QED) is 0.798. The van der Waals surface area contributed by atoms with Crippen molar-refractivity contribution in [1.82, 2.24) is 10.2 Å². The van der Waals surface area contributed by atoms with Crippen LogP contribution in [-0.4, -0.2) is 17.3 Å². The van der Waals surface area contributed by atoms with E-state index < -0.39 is 0 Å². The number of aromatic nitrogens is 2. The molecule has 0 fully saturated rings. The maximum atomic E-state index is 5.79. The van der Waals surface area contributed by atoms with Crippen molar-refractivity contribution in [1.29, 1.82) is 0 Å². The Morgan fingerprint density at radius 1 is 1.38 bits per heavy atom. The Morgan fingerprint density at radius 3 is 2.81 bits per heavy atom. The lowest BCUT2D eigenvalue weighted by Gasteiger charge is -2.07. The minimum absolute atomic E-state index is 0.431. The highest BCUT2D eigenvalue weighted by Gasteiger charge is 2.14. The molecule has 0 aliphatic heterocycles. The number of methoxy groups -OCH3 is 1. The SMILES string of the molecule is CCc1nnc(-c2cccc(N)c2OC)o1. The first-order valence-electron chi connectivity index (χ1n) is 5.01. The van der Waals surface area contributed by atoms with E-state index in [9.17, 15) is 0 Å². The molecule has 16 heavy (non-hydrogen) atoms. The second kappa shape index (κ2) is 4.22. The molecule has 5 heteroatoms. The van der Waals surface area contributed by atoms with Gasteiger partial charge in [-0.15, -0.1) is 10.2 Å². The van der Waals surface area contributed by atoms with E-state index in [2.05, 4.69) is 10.2 Å². The number of nitrogens with two attached hydrogens (primary N) is 1. The summed E-state index contributed by atoms with van der Waals surface area (Å²) in [5, 5.41) is 7.86. The average Bonchev–Trinajstić information content (AvgIpc) is 2.77. The van der Waals surface area contributed by atoms with Gasteiger partial charge in [0.2, 0.25) is 5.89 Å². The van der Waals surface area contributed by atoms with E-state index in [1.54, 1.807) is 13.2 Å². The number of hydrogen-bond donors (Lipinski definition) is 1. The third-order valence-corrected chi connectivity index (χ3v) is 2.25. The summed E-state index contributed by atoms with van der Waals surface area (Å²) in [7, 11) is 1.56. The number of nitrogen functional groups attached to an aromatic ring is 1. The summed E-state index contributed by atoms with van der Waals surface area (Å²) in [4.78, 5) is 0. The van der Waals surface area contributed by atoms with E-state index in [1.165, 1.54) is 0 Å². The van der Waals surface area contributed by atoms with Crippen molar-refractivity contribution >= 4 is 5.69 Å². The molecule has 0 atom stereocenters. The van der Waals surface area contributed by atoms with Gasteiger partial charge in [0.15, 0.2) is 5.75 Å². The van der Waals surface area contributed by atoms with E-state index in [1.807, 2.05) is 19.1 Å². The van der Waals surface area contributed by atoms with Crippen LogP contribution in [-0.2, 0) is 6.42 Å². The van der Waals surface area contributed by atoms with Gasteiger partial charge >= 0.3 is 0 Å². The largest absolute Gasteiger partial charge is 0.494 e. The van der Waals surface area contributed by atoms with Crippen molar-refractivity contribution in [2.24, 2.45) is 0 Å². The van der Waals surface area contributed by atoms with Crippen molar-refractivity contribution < 1.29 is 9.15 Å². The Morgan fingerprint density at radius 2 is 2.19 bits per heavy atom. The summed E-state index contributed by atoms with van der Waals surface area (Å²) in [6.07, 6.45) is 0.706. The van der Waals surface area contributed by atoms with Crippen molar-refractivity contribution in [2.45, 2.75) is 13.3 Å². The molecule has 5 nitrogen and oxygen atoms in total. The third-order valence-electron chi connectivity index (χ3n) is 2.25. The molecule has 0 bridgehead atoms. The zero-order valence-electron chi connectivity index (χ0n) is 9.23. The Bertz CT molecular complexity index is 494. The summed E-state index contributed by atoms with van der Waals surface area (Å²) in [6, 6.07) is 5.42. The van der Waals surface area contributed by atoms with Gasteiger partial charge in [0, 0.05) is 6.42 Å². The highest BCUT2D eigenvalue weighted by Crippen LogP contribution is 2.33. The van der Waals surface area contributed by atoms with Gasteiger partial charge in [-0.3, -0.25) is 0 Å². The van der Waals surface area contributed by atoms with Gasteiger partial charge in [0.1, 0.15) is 0 Å². The lowest BCUT2D eigenvalue weighted by Crippen LogP contribution is -1.94. The summed E-state index contributed by atoms with van der Waals surface area (Å²) in [6.45, 7) is 1.95. The van der Waals surface area contributed by atoms with Crippen molar-refractivity contribution in [3.05, 3.63) is 24.1 Å². The fourth-order valence-corrected chi connectivity index (χ4v) is 1.46. The number of ether oxygens (including phenoxy) is 1. The second-order valence-corrected chi connectivity index (χ2v) is 3.28. The van der Waals surface area contributed by atoms with Crippen LogP contribution in [0.3, 0.4) is 0 Å². The Balaban J connectivity index is 2.50. The monoisotopic (exact) mass is 219 g/mol. The molecule has 2 aromatic rings. The Kier molecular flexibility index (Phi) is 2.76. The van der Waals surface area contributed by atoms with Crippen molar-refractivity contribution in [3.8, 4) is 17.2 Å². The predicted molar refractivity (Wildman–Crippen MR) is 60.1 cm³/mol. The minimum atomic E-state index is 0.431. The molecule has 2 N–H and O–H groups in total. The molecule has 0 aliphatic rings. The van der Waals surface area contributed by atoms with E-state index >= 15 is 0 Å². The van der Waals surface area contributed by atoms with Crippen LogP contribution in [0.1, 0.15) is 12.8 Å². The molecule has 0 spiro atoms. The first-order valence-corrected chi connectivity index (χ1v) is 5.01. The number of aryl methyl sites for hydroxylation is 1. The maximum Gasteiger partial charge on any atom is 0.251 e. The lowest BCUT2D eigenvalue weighted by atomic mass is 10.1. The molecule has 1 aromatic heterocycles. The fourth-order valence-electron chi connectivity index (χ4n) is 1.46. The average molecular weight is 219 g/mol. The molecule has 0 saturated carbocycles. The van der Waals surface area contributed by atoms with Gasteiger partial charge in [0.05, 0.1) is 18.4 Å². The number of rotatable bonds is 3. The molecule has 2 rings (SSSR count). The van der Waals surface area contributed by atoms with Crippen LogP contribution in [0.2, 0.25) is 0 Å². The van der Waals surface area contributed by atoms with Gasteiger partial charge in [-0.25, -0.2) is 0 Å². The lowest BCUT2D eigenvalue weighted by molar-refractivity contribution is 0.415. The molecule has 0 unspecified atom stereocenters. The number of hydrogen-bond acceptors (Lipinski definition) is 5. The van der Waals surface area contributed by atoms with Gasteiger partial charge in [-0.05, 0) is 12.1 Å². The summed E-state index contributed by atoms with van der Waals surface area (Å²) in [5.41, 5.74) is 7.06. The van der Waals surface area contributed by atoms with E-state index in [4.69, 9.17) is 14.9 Å². The number of benzene rings is 1. The Labute approximate surface area is 93.2 Å². The first-order chi connectivity index (χ1) is 7.76. The number of para-hydroxylation sites is 1. The van der Waals surface area contributed by atoms with Crippen molar-refractivity contribution in [2.75, 3.05) is 12.8 Å². The van der Waals surface area contributed by atoms with Crippen LogP contribution in [0.25, 0.3) is 11.5 Å². The molecule has 0 aliphatic carbocycles. The molecular weight excluding hydrogens is 206 g/mol. The second-order valence-electron chi connectivity index (χ2n) is 3.28. The number of anilines is 1. The topological polar surface area (TPSA) is 74.2 Å². The Hall–Kier alpha value is -2.04. The molecule has 84 valence electrons. The normalized spacial score (nSPS) is 10.4. The minimum Gasteiger partial charge on any atom is -0.494 e. The molecule has 1 heterocycles. The van der Waals surface area contributed by atoms with Crippen molar-refractivity contribution in [3.63, 3.8) is 0 Å². The van der Waals surface area contributed by atoms with Crippen LogP contribution < -0.4 is 10.5 Å².